The van der Waals surface area contributed by atoms with Gasteiger partial charge in [0.2, 0.25) is 0 Å². The number of amides is 1. The van der Waals surface area contributed by atoms with Gasteiger partial charge in [-0.25, -0.2) is 0 Å². The average Bonchev–Trinajstić information content (AvgIpc) is 3.52. The Hall–Kier alpha value is -3.32. The number of aliphatic hydroxyl groups is 1. The van der Waals surface area contributed by atoms with E-state index in [1.807, 2.05) is 25.1 Å². The van der Waals surface area contributed by atoms with Crippen LogP contribution >= 0.6 is 0 Å². The summed E-state index contributed by atoms with van der Waals surface area (Å²) in [6, 6.07) is 11.9. The van der Waals surface area contributed by atoms with Gasteiger partial charge in [0.1, 0.15) is 23.4 Å². The van der Waals surface area contributed by atoms with Gasteiger partial charge in [-0.15, -0.1) is 0 Å². The number of ketones is 1. The number of likely N-dealkylation sites (tertiary alicyclic amines) is 1. The molecule has 0 aromatic heterocycles. The molecule has 3 heterocycles. The van der Waals surface area contributed by atoms with E-state index in [1.165, 1.54) is 4.90 Å². The van der Waals surface area contributed by atoms with Gasteiger partial charge in [0, 0.05) is 25.1 Å². The molecule has 3 unspecified atom stereocenters. The van der Waals surface area contributed by atoms with Crippen LogP contribution in [0.1, 0.15) is 42.5 Å². The predicted molar refractivity (Wildman–Crippen MR) is 121 cm³/mol. The predicted octanol–water partition coefficient (Wildman–Crippen LogP) is 3.62. The number of rotatable bonds is 5. The number of carbonyl (C=O) groups excluding carboxylic acids is 2. The van der Waals surface area contributed by atoms with Crippen LogP contribution in [0.25, 0.3) is 5.76 Å². The van der Waals surface area contributed by atoms with Crippen LogP contribution in [0.2, 0.25) is 0 Å². The molecule has 1 amide bonds. The molecule has 2 aromatic carbocycles. The summed E-state index contributed by atoms with van der Waals surface area (Å²) in [6.07, 6.45) is 2.41. The molecule has 1 N–H and O–H groups in total. The van der Waals surface area contributed by atoms with Crippen LogP contribution in [0.4, 0.5) is 0 Å². The van der Waals surface area contributed by atoms with Crippen molar-refractivity contribution in [2.24, 2.45) is 0 Å². The van der Waals surface area contributed by atoms with Crippen molar-refractivity contribution in [2.45, 2.75) is 44.4 Å². The van der Waals surface area contributed by atoms with Gasteiger partial charge in [-0.05, 0) is 61.2 Å². The molecule has 172 valence electrons. The molecule has 0 bridgehead atoms. The van der Waals surface area contributed by atoms with Crippen molar-refractivity contribution in [1.82, 2.24) is 4.90 Å². The molecule has 0 spiro atoms. The molecule has 0 aliphatic carbocycles. The molecule has 33 heavy (non-hydrogen) atoms. The lowest BCUT2D eigenvalue weighted by Crippen LogP contribution is -2.36. The molecular formula is C26H27NO6. The number of ether oxygens (including phenoxy) is 3. The van der Waals surface area contributed by atoms with E-state index in [2.05, 4.69) is 0 Å². The molecule has 0 radical (unpaired) electrons. The third kappa shape index (κ3) is 3.86. The molecule has 2 fully saturated rings. The lowest BCUT2D eigenvalue weighted by atomic mass is 9.94. The molecule has 3 aliphatic rings. The zero-order valence-electron chi connectivity index (χ0n) is 18.7. The van der Waals surface area contributed by atoms with Crippen molar-refractivity contribution in [1.29, 1.82) is 0 Å². The highest BCUT2D eigenvalue weighted by Gasteiger charge is 2.47. The highest BCUT2D eigenvalue weighted by atomic mass is 16.5. The Morgan fingerprint density at radius 3 is 2.82 bits per heavy atom. The highest BCUT2D eigenvalue weighted by molar-refractivity contribution is 6.46. The summed E-state index contributed by atoms with van der Waals surface area (Å²) in [5, 5.41) is 11.3. The van der Waals surface area contributed by atoms with Gasteiger partial charge in [0.25, 0.3) is 11.7 Å². The van der Waals surface area contributed by atoms with E-state index in [9.17, 15) is 14.7 Å². The van der Waals surface area contributed by atoms with Gasteiger partial charge in [-0.1, -0.05) is 12.1 Å². The lowest BCUT2D eigenvalue weighted by Gasteiger charge is -2.27. The van der Waals surface area contributed by atoms with Crippen LogP contribution < -0.4 is 9.47 Å². The average molecular weight is 450 g/mol. The zero-order chi connectivity index (χ0) is 23.1. The fourth-order valence-electron chi connectivity index (χ4n) is 4.96. The van der Waals surface area contributed by atoms with Crippen LogP contribution in [0.3, 0.4) is 0 Å². The largest absolute Gasteiger partial charge is 0.507 e. The molecule has 0 saturated carbocycles. The third-order valence-electron chi connectivity index (χ3n) is 6.54. The number of fused-ring (bicyclic) bond motifs is 1. The van der Waals surface area contributed by atoms with Crippen molar-refractivity contribution in [3.8, 4) is 11.5 Å². The standard InChI is InChI=1S/C26H27NO6/c1-15-11-18-12-17(8-9-21(18)33-15)24(28)22-23(16-5-3-6-19(13-16)31-2)27(26(30)25(22)29)14-20-7-4-10-32-20/h3,5-6,8-9,12-13,15,20,23,28H,4,7,10-11,14H2,1-2H3. The Morgan fingerprint density at radius 1 is 1.21 bits per heavy atom. The number of carbonyl (C=O) groups is 2. The number of benzene rings is 2. The van der Waals surface area contributed by atoms with Crippen LogP contribution in [-0.2, 0) is 20.7 Å². The normalized spacial score (nSPS) is 25.9. The quantitative estimate of drug-likeness (QED) is 0.426. The van der Waals surface area contributed by atoms with Crippen LogP contribution in [-0.4, -0.2) is 54.2 Å². The second-order valence-electron chi connectivity index (χ2n) is 8.82. The van der Waals surface area contributed by atoms with E-state index in [1.54, 1.807) is 31.4 Å². The Kier molecular flexibility index (Phi) is 5.58. The minimum Gasteiger partial charge on any atom is -0.507 e. The molecule has 7 nitrogen and oxygen atoms in total. The Bertz CT molecular complexity index is 1130. The number of hydrogen-bond acceptors (Lipinski definition) is 6. The number of aliphatic hydroxyl groups excluding tert-OH is 1. The molecule has 7 heteroatoms. The summed E-state index contributed by atoms with van der Waals surface area (Å²) in [5.74, 6) is -0.110. The van der Waals surface area contributed by atoms with E-state index < -0.39 is 17.7 Å². The van der Waals surface area contributed by atoms with Gasteiger partial charge in [0.15, 0.2) is 0 Å². The van der Waals surface area contributed by atoms with Gasteiger partial charge < -0.3 is 24.2 Å². The first-order valence-corrected chi connectivity index (χ1v) is 11.3. The molecule has 2 aromatic rings. The minimum atomic E-state index is -0.729. The number of Topliss-reactive ketones (excluding diaryl/α,β-unsaturated/α-hetero) is 1. The summed E-state index contributed by atoms with van der Waals surface area (Å²) >= 11 is 0. The third-order valence-corrected chi connectivity index (χ3v) is 6.54. The van der Waals surface area contributed by atoms with Gasteiger partial charge in [0.05, 0.1) is 24.8 Å². The number of methoxy groups -OCH3 is 1. The minimum absolute atomic E-state index is 0.0613. The fraction of sp³-hybridized carbons (Fsp3) is 0.385. The smallest absolute Gasteiger partial charge is 0.295 e. The van der Waals surface area contributed by atoms with Crippen molar-refractivity contribution in [3.05, 3.63) is 64.7 Å². The van der Waals surface area contributed by atoms with Crippen molar-refractivity contribution in [2.75, 3.05) is 20.3 Å². The summed E-state index contributed by atoms with van der Waals surface area (Å²) < 4.78 is 16.9. The summed E-state index contributed by atoms with van der Waals surface area (Å²) in [4.78, 5) is 27.9. The van der Waals surface area contributed by atoms with Gasteiger partial charge >= 0.3 is 0 Å². The Morgan fingerprint density at radius 2 is 2.06 bits per heavy atom. The topological polar surface area (TPSA) is 85.3 Å². The maximum atomic E-state index is 13.2. The van der Waals surface area contributed by atoms with E-state index in [-0.39, 0.29) is 23.5 Å². The van der Waals surface area contributed by atoms with E-state index in [0.29, 0.717) is 30.0 Å². The zero-order valence-corrected chi connectivity index (χ0v) is 18.7. The van der Waals surface area contributed by atoms with E-state index in [0.717, 1.165) is 30.6 Å². The summed E-state index contributed by atoms with van der Waals surface area (Å²) in [7, 11) is 1.57. The van der Waals surface area contributed by atoms with Gasteiger partial charge in [-0.3, -0.25) is 9.59 Å². The molecule has 3 aliphatic heterocycles. The van der Waals surface area contributed by atoms with Crippen molar-refractivity contribution >= 4 is 17.4 Å². The fourth-order valence-corrected chi connectivity index (χ4v) is 4.96. The second-order valence-corrected chi connectivity index (χ2v) is 8.82. The first-order chi connectivity index (χ1) is 16.0. The summed E-state index contributed by atoms with van der Waals surface area (Å²) in [6.45, 7) is 2.92. The first-order valence-electron chi connectivity index (χ1n) is 11.3. The van der Waals surface area contributed by atoms with Crippen molar-refractivity contribution in [3.63, 3.8) is 0 Å². The molecular weight excluding hydrogens is 422 g/mol. The molecule has 3 atom stereocenters. The number of hydrogen-bond donors (Lipinski definition) is 1. The van der Waals surface area contributed by atoms with E-state index >= 15 is 0 Å². The Balaban J connectivity index is 1.61. The van der Waals surface area contributed by atoms with Crippen LogP contribution in [0.5, 0.6) is 11.5 Å². The number of nitrogens with zero attached hydrogens (tertiary/aromatic N) is 1. The van der Waals surface area contributed by atoms with Gasteiger partial charge in [-0.2, -0.15) is 0 Å². The maximum Gasteiger partial charge on any atom is 0.295 e. The SMILES string of the molecule is COc1cccc(C2C(=C(O)c3ccc4c(c3)CC(C)O4)C(=O)C(=O)N2CC2CCCO2)c1. The van der Waals surface area contributed by atoms with Crippen LogP contribution in [0.15, 0.2) is 48.0 Å². The first kappa shape index (κ1) is 21.5. The Labute approximate surface area is 192 Å². The van der Waals surface area contributed by atoms with Crippen LogP contribution in [0, 0.1) is 0 Å². The highest BCUT2D eigenvalue weighted by Crippen LogP contribution is 2.41. The lowest BCUT2D eigenvalue weighted by molar-refractivity contribution is -0.140. The second kappa shape index (κ2) is 8.56. The summed E-state index contributed by atoms with van der Waals surface area (Å²) in [5.41, 5.74) is 2.25. The van der Waals surface area contributed by atoms with Crippen molar-refractivity contribution < 1.29 is 28.9 Å². The maximum absolute atomic E-state index is 13.2. The monoisotopic (exact) mass is 449 g/mol. The molecule has 5 rings (SSSR count). The van der Waals surface area contributed by atoms with E-state index in [4.69, 9.17) is 14.2 Å². The molecule has 2 saturated heterocycles.